The Balaban J connectivity index is 2.08. The number of nitrogen functional groups attached to an aromatic ring is 1. The van der Waals surface area contributed by atoms with Crippen molar-refractivity contribution in [2.24, 2.45) is 5.92 Å². The summed E-state index contributed by atoms with van der Waals surface area (Å²) in [4.78, 5) is 4.93. The number of nitrogens with zero attached hydrogens (tertiary/aromatic N) is 1. The molecular formula is C21H21N3O. The summed E-state index contributed by atoms with van der Waals surface area (Å²) >= 11 is 0. The summed E-state index contributed by atoms with van der Waals surface area (Å²) < 4.78 is 0. The number of hydrogen-bond donors (Lipinski definition) is 3. The lowest BCUT2D eigenvalue weighted by atomic mass is 9.80. The molecule has 4 rings (SSSR count). The fraction of sp³-hybridized carbons (Fsp3) is 0.238. The fourth-order valence-corrected chi connectivity index (χ4v) is 3.87. The number of rotatable bonds is 2. The van der Waals surface area contributed by atoms with Crippen molar-refractivity contribution in [1.29, 1.82) is 5.41 Å². The Hall–Kier alpha value is -2.88. The van der Waals surface area contributed by atoms with Crippen molar-refractivity contribution in [2.75, 3.05) is 5.73 Å². The van der Waals surface area contributed by atoms with Crippen molar-refractivity contribution < 1.29 is 5.11 Å². The van der Waals surface area contributed by atoms with Crippen molar-refractivity contribution in [3.05, 3.63) is 53.1 Å². The summed E-state index contributed by atoms with van der Waals surface area (Å²) in [6, 6.07) is 11.0. The van der Waals surface area contributed by atoms with Crippen LogP contribution in [0.25, 0.3) is 22.2 Å². The molecule has 4 heteroatoms. The highest BCUT2D eigenvalue weighted by atomic mass is 16.3. The van der Waals surface area contributed by atoms with Crippen LogP contribution in [-0.4, -0.2) is 16.3 Å². The van der Waals surface area contributed by atoms with Gasteiger partial charge in [-0.2, -0.15) is 0 Å². The molecule has 1 heterocycles. The topological polar surface area (TPSA) is 83.0 Å². The van der Waals surface area contributed by atoms with E-state index in [-0.39, 0.29) is 5.75 Å². The second-order valence-electron chi connectivity index (χ2n) is 6.92. The molecule has 3 aromatic rings. The highest BCUT2D eigenvalue weighted by Gasteiger charge is 2.24. The van der Waals surface area contributed by atoms with Crippen LogP contribution >= 0.6 is 0 Å². The Labute approximate surface area is 146 Å². The van der Waals surface area contributed by atoms with E-state index >= 15 is 0 Å². The fourth-order valence-electron chi connectivity index (χ4n) is 3.87. The maximum absolute atomic E-state index is 9.60. The first kappa shape index (κ1) is 15.6. The van der Waals surface area contributed by atoms with Gasteiger partial charge in [0.05, 0.1) is 11.2 Å². The third-order valence-corrected chi connectivity index (χ3v) is 5.17. The Morgan fingerprint density at radius 1 is 1.16 bits per heavy atom. The standard InChI is InChI=1S/C21H21N3O/c1-12-2-7-15-16(10-12)21(13-3-5-14(25)6-4-13)24-19-9-8-18(23)17(11-22)20(15)19/h3-6,8-9,11-12,22,25H,2,7,10,23H2,1H3. The third-order valence-electron chi connectivity index (χ3n) is 5.17. The Morgan fingerprint density at radius 2 is 1.92 bits per heavy atom. The molecule has 0 fully saturated rings. The van der Waals surface area contributed by atoms with Gasteiger partial charge < -0.3 is 16.2 Å². The van der Waals surface area contributed by atoms with Crippen LogP contribution in [0.5, 0.6) is 5.75 Å². The first-order valence-corrected chi connectivity index (χ1v) is 8.62. The van der Waals surface area contributed by atoms with Crippen LogP contribution in [0.2, 0.25) is 0 Å². The molecule has 0 bridgehead atoms. The van der Waals surface area contributed by atoms with E-state index in [1.54, 1.807) is 12.1 Å². The monoisotopic (exact) mass is 331 g/mol. The van der Waals surface area contributed by atoms with Gasteiger partial charge in [0.1, 0.15) is 5.75 Å². The van der Waals surface area contributed by atoms with Crippen molar-refractivity contribution in [3.8, 4) is 17.0 Å². The molecule has 0 saturated heterocycles. The minimum Gasteiger partial charge on any atom is -0.508 e. The molecule has 4 nitrogen and oxygen atoms in total. The second-order valence-corrected chi connectivity index (χ2v) is 6.92. The number of nitrogens with two attached hydrogens (primary N) is 1. The lowest BCUT2D eigenvalue weighted by Crippen LogP contribution is -2.15. The van der Waals surface area contributed by atoms with Gasteiger partial charge in [0.2, 0.25) is 0 Å². The molecule has 0 amide bonds. The molecule has 0 saturated carbocycles. The van der Waals surface area contributed by atoms with E-state index in [9.17, 15) is 5.11 Å². The highest BCUT2D eigenvalue weighted by molar-refractivity contribution is 6.05. The van der Waals surface area contributed by atoms with Crippen LogP contribution in [0.3, 0.4) is 0 Å². The molecule has 0 spiro atoms. The molecule has 1 unspecified atom stereocenters. The molecule has 1 aliphatic carbocycles. The van der Waals surface area contributed by atoms with Gasteiger partial charge in [-0.25, -0.2) is 4.98 Å². The molecule has 126 valence electrons. The highest BCUT2D eigenvalue weighted by Crippen LogP contribution is 2.39. The van der Waals surface area contributed by atoms with E-state index in [1.165, 1.54) is 17.3 Å². The summed E-state index contributed by atoms with van der Waals surface area (Å²) in [7, 11) is 0. The van der Waals surface area contributed by atoms with Crippen molar-refractivity contribution in [3.63, 3.8) is 0 Å². The van der Waals surface area contributed by atoms with Gasteiger partial charge >= 0.3 is 0 Å². The van der Waals surface area contributed by atoms with E-state index in [0.717, 1.165) is 47.0 Å². The lowest BCUT2D eigenvalue weighted by molar-refractivity contribution is 0.475. The third kappa shape index (κ3) is 2.54. The molecule has 1 aromatic heterocycles. The normalized spacial score (nSPS) is 16.6. The number of anilines is 1. The number of phenolic OH excluding ortho intramolecular Hbond substituents is 1. The van der Waals surface area contributed by atoms with Crippen molar-refractivity contribution in [2.45, 2.75) is 26.2 Å². The molecule has 0 radical (unpaired) electrons. The average molecular weight is 331 g/mol. The van der Waals surface area contributed by atoms with E-state index in [4.69, 9.17) is 16.1 Å². The number of phenols is 1. The predicted octanol–water partition coefficient (Wildman–Crippen LogP) is 4.31. The Morgan fingerprint density at radius 3 is 2.64 bits per heavy atom. The number of pyridine rings is 1. The van der Waals surface area contributed by atoms with Gasteiger partial charge in [0, 0.05) is 28.4 Å². The number of aromatic nitrogens is 1. The van der Waals surface area contributed by atoms with Crippen LogP contribution in [0.4, 0.5) is 5.69 Å². The number of hydrogen-bond acceptors (Lipinski definition) is 4. The van der Waals surface area contributed by atoms with Crippen LogP contribution < -0.4 is 5.73 Å². The van der Waals surface area contributed by atoms with Gasteiger partial charge in [-0.3, -0.25) is 0 Å². The maximum atomic E-state index is 9.60. The number of fused-ring (bicyclic) bond motifs is 3. The number of aromatic hydroxyl groups is 1. The van der Waals surface area contributed by atoms with Crippen LogP contribution in [-0.2, 0) is 12.8 Å². The van der Waals surface area contributed by atoms with Crippen LogP contribution in [0, 0.1) is 11.3 Å². The molecular weight excluding hydrogens is 310 g/mol. The van der Waals surface area contributed by atoms with Gasteiger partial charge in [-0.05, 0) is 72.7 Å². The lowest BCUT2D eigenvalue weighted by Gasteiger charge is -2.26. The smallest absolute Gasteiger partial charge is 0.115 e. The van der Waals surface area contributed by atoms with E-state index < -0.39 is 0 Å². The number of aryl methyl sites for hydroxylation is 1. The maximum Gasteiger partial charge on any atom is 0.115 e. The number of nitrogens with one attached hydrogen (secondary N) is 1. The number of benzene rings is 2. The van der Waals surface area contributed by atoms with Gasteiger partial charge in [-0.15, -0.1) is 0 Å². The quantitative estimate of drug-likeness (QED) is 0.483. The first-order valence-electron chi connectivity index (χ1n) is 8.62. The van der Waals surface area contributed by atoms with E-state index in [0.29, 0.717) is 11.6 Å². The van der Waals surface area contributed by atoms with Crippen LogP contribution in [0.15, 0.2) is 36.4 Å². The molecule has 25 heavy (non-hydrogen) atoms. The minimum atomic E-state index is 0.255. The first-order chi connectivity index (χ1) is 12.1. The second kappa shape index (κ2) is 5.88. The molecule has 2 aromatic carbocycles. The Kier molecular flexibility index (Phi) is 3.68. The van der Waals surface area contributed by atoms with E-state index in [1.807, 2.05) is 24.3 Å². The zero-order valence-electron chi connectivity index (χ0n) is 14.2. The summed E-state index contributed by atoms with van der Waals surface area (Å²) in [6.07, 6.45) is 4.43. The predicted molar refractivity (Wildman–Crippen MR) is 102 cm³/mol. The molecule has 1 atom stereocenters. The van der Waals surface area contributed by atoms with Gasteiger partial charge in [-0.1, -0.05) is 6.92 Å². The van der Waals surface area contributed by atoms with Gasteiger partial charge in [0.15, 0.2) is 0 Å². The zero-order valence-corrected chi connectivity index (χ0v) is 14.2. The molecule has 1 aliphatic rings. The van der Waals surface area contributed by atoms with Crippen molar-refractivity contribution in [1.82, 2.24) is 4.98 Å². The molecule has 4 N–H and O–H groups in total. The SMILES string of the molecule is CC1CCc2c(c(-c3ccc(O)cc3)nc3ccc(N)c(C=N)c23)C1. The summed E-state index contributed by atoms with van der Waals surface area (Å²) in [5, 5.41) is 18.4. The largest absolute Gasteiger partial charge is 0.508 e. The zero-order chi connectivity index (χ0) is 17.6. The van der Waals surface area contributed by atoms with Crippen LogP contribution in [0.1, 0.15) is 30.0 Å². The van der Waals surface area contributed by atoms with Gasteiger partial charge in [0.25, 0.3) is 0 Å². The summed E-state index contributed by atoms with van der Waals surface area (Å²) in [6.45, 7) is 2.27. The summed E-state index contributed by atoms with van der Waals surface area (Å²) in [5.74, 6) is 0.859. The Bertz CT molecular complexity index is 977. The average Bonchev–Trinajstić information content (AvgIpc) is 2.61. The molecule has 0 aliphatic heterocycles. The minimum absolute atomic E-state index is 0.255. The summed E-state index contributed by atoms with van der Waals surface area (Å²) in [5.41, 5.74) is 12.9. The van der Waals surface area contributed by atoms with E-state index in [2.05, 4.69) is 6.92 Å². The van der Waals surface area contributed by atoms with Crippen molar-refractivity contribution >= 4 is 22.8 Å².